The van der Waals surface area contributed by atoms with Crippen molar-refractivity contribution < 1.29 is 23.9 Å². The van der Waals surface area contributed by atoms with Crippen LogP contribution in [0.4, 0.5) is 5.69 Å². The average Bonchev–Trinajstić information content (AvgIpc) is 3.19. The predicted molar refractivity (Wildman–Crippen MR) is 88.6 cm³/mol. The Bertz CT molecular complexity index is 756. The summed E-state index contributed by atoms with van der Waals surface area (Å²) in [6.45, 7) is 3.55. The number of fused-ring (bicyclic) bond motifs is 1. The van der Waals surface area contributed by atoms with E-state index in [4.69, 9.17) is 9.47 Å². The van der Waals surface area contributed by atoms with Crippen LogP contribution in [-0.2, 0) is 23.9 Å². The number of carbonyl (C=O) groups is 3. The van der Waals surface area contributed by atoms with Crippen LogP contribution in [0.15, 0.2) is 18.2 Å². The maximum Gasteiger partial charge on any atom is 0.310 e. The third kappa shape index (κ3) is 2.60. The number of esters is 2. The van der Waals surface area contributed by atoms with Crippen molar-refractivity contribution in [3.05, 3.63) is 29.3 Å². The van der Waals surface area contributed by atoms with Gasteiger partial charge < -0.3 is 14.8 Å². The quantitative estimate of drug-likeness (QED) is 0.846. The molecule has 5 atom stereocenters. The molecule has 2 aliphatic carbocycles. The van der Waals surface area contributed by atoms with Gasteiger partial charge in [-0.2, -0.15) is 0 Å². The van der Waals surface area contributed by atoms with Crippen molar-refractivity contribution in [2.45, 2.75) is 32.8 Å². The Kier molecular flexibility index (Phi) is 3.78. The van der Waals surface area contributed by atoms with Crippen molar-refractivity contribution in [3.63, 3.8) is 0 Å². The highest BCUT2D eigenvalue weighted by atomic mass is 16.6. The van der Waals surface area contributed by atoms with E-state index in [9.17, 15) is 14.4 Å². The number of hydrogen-bond acceptors (Lipinski definition) is 5. The predicted octanol–water partition coefficient (Wildman–Crippen LogP) is 1.98. The summed E-state index contributed by atoms with van der Waals surface area (Å²) in [6.07, 6.45) is 1.57. The van der Waals surface area contributed by atoms with Gasteiger partial charge in [0.05, 0.1) is 11.8 Å². The van der Waals surface area contributed by atoms with Crippen LogP contribution in [-0.4, -0.2) is 30.6 Å². The lowest BCUT2D eigenvalue weighted by molar-refractivity contribution is -0.157. The number of ether oxygens (including phenoxy) is 2. The molecule has 0 aromatic heterocycles. The smallest absolute Gasteiger partial charge is 0.310 e. The van der Waals surface area contributed by atoms with Crippen LogP contribution in [0.2, 0.25) is 0 Å². The molecule has 132 valence electrons. The largest absolute Gasteiger partial charge is 0.462 e. The lowest BCUT2D eigenvalue weighted by Crippen LogP contribution is -2.35. The Morgan fingerprint density at radius 2 is 2.08 bits per heavy atom. The first-order chi connectivity index (χ1) is 12.0. The van der Waals surface area contributed by atoms with Gasteiger partial charge in [0.15, 0.2) is 6.61 Å². The van der Waals surface area contributed by atoms with Crippen molar-refractivity contribution in [3.8, 4) is 0 Å². The maximum absolute atomic E-state index is 12.4. The van der Waals surface area contributed by atoms with Crippen LogP contribution in [0.1, 0.15) is 24.0 Å². The highest BCUT2D eigenvalue weighted by Gasteiger charge is 2.64. The van der Waals surface area contributed by atoms with Crippen LogP contribution in [0.25, 0.3) is 0 Å². The molecule has 0 unspecified atom stereocenters. The SMILES string of the molecule is Cc1cccc(NC(=O)COC(=O)[C@H]2[C@@H]3C[C@H]4[C@@H]2C(=O)O[C@@H]4C3)c1C. The molecule has 1 aromatic rings. The van der Waals surface area contributed by atoms with E-state index in [0.29, 0.717) is 5.69 Å². The van der Waals surface area contributed by atoms with Gasteiger partial charge >= 0.3 is 11.9 Å². The van der Waals surface area contributed by atoms with Crippen LogP contribution >= 0.6 is 0 Å². The third-order valence-electron chi connectivity index (χ3n) is 5.98. The standard InChI is InChI=1S/C19H21NO5/c1-9-4-3-5-13(10(9)2)20-15(21)8-24-18(22)16-11-6-12-14(7-11)25-19(23)17(12)16/h3-5,11-12,14,16-17H,6-8H2,1-2H3,(H,20,21)/t11-,12-,14-,16+,17+/m1/s1. The Hall–Kier alpha value is -2.37. The van der Waals surface area contributed by atoms with Crippen molar-refractivity contribution in [2.24, 2.45) is 23.7 Å². The Morgan fingerprint density at radius 1 is 1.28 bits per heavy atom. The topological polar surface area (TPSA) is 81.7 Å². The molecule has 1 aromatic carbocycles. The summed E-state index contributed by atoms with van der Waals surface area (Å²) in [5.41, 5.74) is 2.77. The number of hydrogen-bond donors (Lipinski definition) is 1. The highest BCUT2D eigenvalue weighted by Crippen LogP contribution is 2.57. The van der Waals surface area contributed by atoms with Crippen LogP contribution < -0.4 is 5.32 Å². The van der Waals surface area contributed by atoms with E-state index in [2.05, 4.69) is 5.32 Å². The van der Waals surface area contributed by atoms with Gasteiger partial charge in [-0.3, -0.25) is 14.4 Å². The summed E-state index contributed by atoms with van der Waals surface area (Å²) < 4.78 is 10.5. The fourth-order valence-electron chi connectivity index (χ4n) is 4.63. The van der Waals surface area contributed by atoms with Crippen molar-refractivity contribution in [1.29, 1.82) is 0 Å². The van der Waals surface area contributed by atoms with E-state index < -0.39 is 11.9 Å². The second kappa shape index (κ2) is 5.86. The van der Waals surface area contributed by atoms with Crippen molar-refractivity contribution >= 4 is 23.5 Å². The van der Waals surface area contributed by atoms with Crippen LogP contribution in [0.3, 0.4) is 0 Å². The second-order valence-corrected chi connectivity index (χ2v) is 7.33. The molecule has 0 spiro atoms. The van der Waals surface area contributed by atoms with Gasteiger partial charge in [0.1, 0.15) is 6.10 Å². The fraction of sp³-hybridized carbons (Fsp3) is 0.526. The minimum Gasteiger partial charge on any atom is -0.462 e. The molecular formula is C19H21NO5. The number of anilines is 1. The second-order valence-electron chi connectivity index (χ2n) is 7.33. The van der Waals surface area contributed by atoms with E-state index in [0.717, 1.165) is 24.0 Å². The molecule has 6 nitrogen and oxygen atoms in total. The number of carbonyl (C=O) groups excluding carboxylic acids is 3. The van der Waals surface area contributed by atoms with Crippen LogP contribution in [0, 0.1) is 37.5 Å². The molecule has 1 saturated heterocycles. The molecule has 2 bridgehead atoms. The summed E-state index contributed by atoms with van der Waals surface area (Å²) in [5.74, 6) is -1.65. The van der Waals surface area contributed by atoms with E-state index in [-0.39, 0.29) is 42.3 Å². The van der Waals surface area contributed by atoms with Gasteiger partial charge in [0.2, 0.25) is 0 Å². The minimum atomic E-state index is -0.454. The summed E-state index contributed by atoms with van der Waals surface area (Å²) >= 11 is 0. The molecule has 25 heavy (non-hydrogen) atoms. The summed E-state index contributed by atoms with van der Waals surface area (Å²) in [5, 5.41) is 2.77. The van der Waals surface area contributed by atoms with E-state index in [1.807, 2.05) is 32.0 Å². The number of amides is 1. The normalized spacial score (nSPS) is 31.8. The first-order valence-electron chi connectivity index (χ1n) is 8.69. The molecule has 3 aliphatic rings. The molecule has 2 saturated carbocycles. The summed E-state index contributed by atoms with van der Waals surface area (Å²) in [7, 11) is 0. The monoisotopic (exact) mass is 343 g/mol. The van der Waals surface area contributed by atoms with Gasteiger partial charge in [-0.15, -0.1) is 0 Å². The minimum absolute atomic E-state index is 0.0147. The molecule has 1 aliphatic heterocycles. The van der Waals surface area contributed by atoms with Gasteiger partial charge in [-0.1, -0.05) is 12.1 Å². The number of rotatable bonds is 4. The number of aryl methyl sites for hydroxylation is 1. The molecule has 1 N–H and O–H groups in total. The number of benzene rings is 1. The van der Waals surface area contributed by atoms with Crippen molar-refractivity contribution in [2.75, 3.05) is 11.9 Å². The molecule has 3 fully saturated rings. The first kappa shape index (κ1) is 16.1. The zero-order chi connectivity index (χ0) is 17.7. The van der Waals surface area contributed by atoms with Gasteiger partial charge in [0, 0.05) is 11.6 Å². The zero-order valence-electron chi connectivity index (χ0n) is 14.3. The molecule has 1 amide bonds. The average molecular weight is 343 g/mol. The van der Waals surface area contributed by atoms with E-state index >= 15 is 0 Å². The number of nitrogens with one attached hydrogen (secondary N) is 1. The molecule has 4 rings (SSSR count). The molecule has 6 heteroatoms. The summed E-state index contributed by atoms with van der Waals surface area (Å²) in [4.78, 5) is 36.5. The third-order valence-corrected chi connectivity index (χ3v) is 5.98. The lowest BCUT2D eigenvalue weighted by Gasteiger charge is -2.22. The van der Waals surface area contributed by atoms with Gasteiger partial charge in [0.25, 0.3) is 5.91 Å². The first-order valence-corrected chi connectivity index (χ1v) is 8.69. The van der Waals surface area contributed by atoms with Gasteiger partial charge in [-0.25, -0.2) is 0 Å². The summed E-state index contributed by atoms with van der Waals surface area (Å²) in [6, 6.07) is 5.64. The fourth-order valence-corrected chi connectivity index (χ4v) is 4.63. The zero-order valence-corrected chi connectivity index (χ0v) is 14.3. The Morgan fingerprint density at radius 3 is 2.88 bits per heavy atom. The van der Waals surface area contributed by atoms with Gasteiger partial charge in [-0.05, 0) is 49.8 Å². The molecular weight excluding hydrogens is 322 g/mol. The molecule has 1 heterocycles. The highest BCUT2D eigenvalue weighted by molar-refractivity contribution is 5.94. The van der Waals surface area contributed by atoms with E-state index in [1.54, 1.807) is 0 Å². The lowest BCUT2D eigenvalue weighted by atomic mass is 9.80. The Balaban J connectivity index is 1.35. The van der Waals surface area contributed by atoms with E-state index in [1.165, 1.54) is 0 Å². The molecule has 0 radical (unpaired) electrons. The maximum atomic E-state index is 12.4. The Labute approximate surface area is 145 Å². The van der Waals surface area contributed by atoms with Crippen LogP contribution in [0.5, 0.6) is 0 Å². The van der Waals surface area contributed by atoms with Crippen molar-refractivity contribution in [1.82, 2.24) is 0 Å².